The van der Waals surface area contributed by atoms with Crippen molar-refractivity contribution in [3.05, 3.63) is 29.3 Å². The van der Waals surface area contributed by atoms with Gasteiger partial charge in [-0.1, -0.05) is 17.7 Å². The van der Waals surface area contributed by atoms with Crippen molar-refractivity contribution in [2.24, 2.45) is 0 Å². The third-order valence-corrected chi connectivity index (χ3v) is 3.42. The van der Waals surface area contributed by atoms with Crippen LogP contribution in [0.4, 0.5) is 5.69 Å². The molecule has 5 heteroatoms. The number of nitrogens with one attached hydrogen (secondary N) is 1. The minimum atomic E-state index is -0.957. The van der Waals surface area contributed by atoms with Crippen molar-refractivity contribution >= 4 is 23.3 Å². The summed E-state index contributed by atoms with van der Waals surface area (Å²) in [5.41, 5.74) is -0.229. The van der Waals surface area contributed by atoms with Crippen molar-refractivity contribution in [3.8, 4) is 0 Å². The third-order valence-electron chi connectivity index (χ3n) is 3.18. The third kappa shape index (κ3) is 2.94. The molecule has 0 spiro atoms. The van der Waals surface area contributed by atoms with Gasteiger partial charge in [-0.15, -0.1) is 0 Å². The molecule has 18 heavy (non-hydrogen) atoms. The summed E-state index contributed by atoms with van der Waals surface area (Å²) in [5, 5.41) is 13.2. The molecule has 1 atom stereocenters. The number of aliphatic carboxylic acids is 1. The second-order valence-electron chi connectivity index (χ2n) is 4.49. The summed E-state index contributed by atoms with van der Waals surface area (Å²) in [5.74, 6) is -0.840. The zero-order valence-corrected chi connectivity index (χ0v) is 10.7. The summed E-state index contributed by atoms with van der Waals surface area (Å²) in [6, 6.07) is 7.12. The van der Waals surface area contributed by atoms with Gasteiger partial charge >= 0.3 is 5.97 Å². The number of hydrogen-bond donors (Lipinski definition) is 2. The predicted octanol–water partition coefficient (Wildman–Crippen LogP) is 2.78. The van der Waals surface area contributed by atoms with Crippen LogP contribution in [-0.4, -0.2) is 29.8 Å². The first kappa shape index (κ1) is 13.2. The van der Waals surface area contributed by atoms with E-state index in [1.807, 2.05) is 6.07 Å². The standard InChI is InChI=1S/C13H16ClNO3/c14-10-3-1-4-11(9-10)15-13(12(16)17)5-2-7-18-8-6-13/h1,3-4,9,15H,2,5-8H2,(H,16,17). The second kappa shape index (κ2) is 5.59. The lowest BCUT2D eigenvalue weighted by atomic mass is 9.90. The van der Waals surface area contributed by atoms with Crippen LogP contribution in [0.25, 0.3) is 0 Å². The molecule has 2 N–H and O–H groups in total. The molecule has 4 nitrogen and oxygen atoms in total. The zero-order valence-electron chi connectivity index (χ0n) is 9.99. The smallest absolute Gasteiger partial charge is 0.329 e. The normalized spacial score (nSPS) is 24.3. The zero-order chi connectivity index (χ0) is 13.0. The first-order chi connectivity index (χ1) is 8.62. The molecular weight excluding hydrogens is 254 g/mol. The second-order valence-corrected chi connectivity index (χ2v) is 4.92. The highest BCUT2D eigenvalue weighted by Gasteiger charge is 2.38. The van der Waals surface area contributed by atoms with Crippen molar-refractivity contribution < 1.29 is 14.6 Å². The molecule has 1 aliphatic heterocycles. The first-order valence-electron chi connectivity index (χ1n) is 5.97. The van der Waals surface area contributed by atoms with Crippen molar-refractivity contribution in [1.82, 2.24) is 0 Å². The van der Waals surface area contributed by atoms with E-state index in [1.165, 1.54) is 0 Å². The summed E-state index contributed by atoms with van der Waals surface area (Å²) in [4.78, 5) is 11.6. The number of halogens is 1. The Balaban J connectivity index is 2.22. The summed E-state index contributed by atoms with van der Waals surface area (Å²) in [7, 11) is 0. The van der Waals surface area contributed by atoms with E-state index in [0.29, 0.717) is 31.1 Å². The predicted molar refractivity (Wildman–Crippen MR) is 70.1 cm³/mol. The number of ether oxygens (including phenoxy) is 1. The summed E-state index contributed by atoms with van der Waals surface area (Å²) < 4.78 is 5.33. The molecule has 0 amide bonds. The van der Waals surface area contributed by atoms with Crippen LogP contribution in [0.2, 0.25) is 5.02 Å². The first-order valence-corrected chi connectivity index (χ1v) is 6.35. The number of anilines is 1. The number of benzene rings is 1. The molecule has 1 heterocycles. The quantitative estimate of drug-likeness (QED) is 0.886. The van der Waals surface area contributed by atoms with Crippen LogP contribution >= 0.6 is 11.6 Å². The van der Waals surface area contributed by atoms with Crippen LogP contribution in [0.5, 0.6) is 0 Å². The van der Waals surface area contributed by atoms with Gasteiger partial charge in [-0.3, -0.25) is 0 Å². The Labute approximate surface area is 111 Å². The van der Waals surface area contributed by atoms with Crippen molar-refractivity contribution in [2.75, 3.05) is 18.5 Å². The van der Waals surface area contributed by atoms with E-state index in [1.54, 1.807) is 18.2 Å². The van der Waals surface area contributed by atoms with Crippen molar-refractivity contribution in [3.63, 3.8) is 0 Å². The Morgan fingerprint density at radius 1 is 1.39 bits per heavy atom. The number of rotatable bonds is 3. The van der Waals surface area contributed by atoms with Crippen LogP contribution in [-0.2, 0) is 9.53 Å². The van der Waals surface area contributed by atoms with Crippen LogP contribution in [0.1, 0.15) is 19.3 Å². The fourth-order valence-corrected chi connectivity index (χ4v) is 2.37. The molecule has 98 valence electrons. The Kier molecular flexibility index (Phi) is 4.09. The molecule has 0 aromatic heterocycles. The minimum absolute atomic E-state index is 0.453. The molecule has 1 aromatic carbocycles. The number of carbonyl (C=O) groups is 1. The maximum Gasteiger partial charge on any atom is 0.329 e. The molecule has 1 aliphatic rings. The van der Waals surface area contributed by atoms with Gasteiger partial charge in [0.25, 0.3) is 0 Å². The molecule has 2 rings (SSSR count). The lowest BCUT2D eigenvalue weighted by Crippen LogP contribution is -2.46. The van der Waals surface area contributed by atoms with Gasteiger partial charge < -0.3 is 15.2 Å². The van der Waals surface area contributed by atoms with Gasteiger partial charge in [0.15, 0.2) is 0 Å². The van der Waals surface area contributed by atoms with Gasteiger partial charge in [-0.25, -0.2) is 4.79 Å². The lowest BCUT2D eigenvalue weighted by molar-refractivity contribution is -0.142. The van der Waals surface area contributed by atoms with Crippen molar-refractivity contribution in [1.29, 1.82) is 0 Å². The number of carboxylic acids is 1. The van der Waals surface area contributed by atoms with E-state index < -0.39 is 11.5 Å². The SMILES string of the molecule is O=C(O)C1(Nc2cccc(Cl)c2)CCCOCC1. The Hall–Kier alpha value is -1.26. The van der Waals surface area contributed by atoms with Crippen LogP contribution in [0.15, 0.2) is 24.3 Å². The molecule has 0 radical (unpaired) electrons. The van der Waals surface area contributed by atoms with Crippen LogP contribution < -0.4 is 5.32 Å². The van der Waals surface area contributed by atoms with Crippen molar-refractivity contribution in [2.45, 2.75) is 24.8 Å². The van der Waals surface area contributed by atoms with Gasteiger partial charge in [-0.2, -0.15) is 0 Å². The molecule has 1 unspecified atom stereocenters. The highest BCUT2D eigenvalue weighted by Crippen LogP contribution is 2.28. The largest absolute Gasteiger partial charge is 0.480 e. The Morgan fingerprint density at radius 3 is 2.94 bits per heavy atom. The Bertz CT molecular complexity index is 428. The summed E-state index contributed by atoms with van der Waals surface area (Å²) in [6.45, 7) is 1.08. The fraction of sp³-hybridized carbons (Fsp3) is 0.462. The fourth-order valence-electron chi connectivity index (χ4n) is 2.18. The van der Waals surface area contributed by atoms with Gasteiger partial charge in [-0.05, 0) is 31.0 Å². The summed E-state index contributed by atoms with van der Waals surface area (Å²) >= 11 is 5.91. The molecule has 1 aromatic rings. The maximum absolute atomic E-state index is 11.6. The molecule has 0 saturated carbocycles. The monoisotopic (exact) mass is 269 g/mol. The van der Waals surface area contributed by atoms with E-state index in [-0.39, 0.29) is 0 Å². The van der Waals surface area contributed by atoms with Gasteiger partial charge in [0, 0.05) is 30.3 Å². The lowest BCUT2D eigenvalue weighted by Gasteiger charge is -2.30. The topological polar surface area (TPSA) is 58.6 Å². The highest BCUT2D eigenvalue weighted by molar-refractivity contribution is 6.30. The van der Waals surface area contributed by atoms with E-state index in [0.717, 1.165) is 12.1 Å². The average molecular weight is 270 g/mol. The van der Waals surface area contributed by atoms with E-state index in [4.69, 9.17) is 16.3 Å². The van der Waals surface area contributed by atoms with Gasteiger partial charge in [0.1, 0.15) is 5.54 Å². The Morgan fingerprint density at radius 2 is 2.22 bits per heavy atom. The number of hydrogen-bond acceptors (Lipinski definition) is 3. The minimum Gasteiger partial charge on any atom is -0.480 e. The maximum atomic E-state index is 11.6. The van der Waals surface area contributed by atoms with Gasteiger partial charge in [0.05, 0.1) is 0 Å². The van der Waals surface area contributed by atoms with E-state index in [9.17, 15) is 9.90 Å². The van der Waals surface area contributed by atoms with E-state index >= 15 is 0 Å². The number of carboxylic acid groups (broad SMARTS) is 1. The van der Waals surface area contributed by atoms with E-state index in [2.05, 4.69) is 5.32 Å². The molecule has 0 bridgehead atoms. The van der Waals surface area contributed by atoms with Crippen LogP contribution in [0, 0.1) is 0 Å². The molecular formula is C13H16ClNO3. The van der Waals surface area contributed by atoms with Gasteiger partial charge in [0.2, 0.25) is 0 Å². The highest BCUT2D eigenvalue weighted by atomic mass is 35.5. The molecule has 0 aliphatic carbocycles. The molecule has 1 saturated heterocycles. The van der Waals surface area contributed by atoms with Crippen LogP contribution in [0.3, 0.4) is 0 Å². The average Bonchev–Trinajstić information content (AvgIpc) is 2.55. The summed E-state index contributed by atoms with van der Waals surface area (Å²) in [6.07, 6.45) is 1.74. The molecule has 1 fully saturated rings.